The zero-order chi connectivity index (χ0) is 17.6. The molecular formula is C20H23ClN2O2. The molecule has 1 fully saturated rings. The summed E-state index contributed by atoms with van der Waals surface area (Å²) in [5, 5.41) is 3.49. The van der Waals surface area contributed by atoms with Gasteiger partial charge in [0.2, 0.25) is 5.91 Å². The number of hydrogen-bond donors (Lipinski definition) is 1. The van der Waals surface area contributed by atoms with E-state index in [1.54, 1.807) is 25.3 Å². The topological polar surface area (TPSA) is 41.6 Å². The summed E-state index contributed by atoms with van der Waals surface area (Å²) in [5.74, 6) is 0.560. The highest BCUT2D eigenvalue weighted by molar-refractivity contribution is 6.32. The van der Waals surface area contributed by atoms with E-state index in [1.807, 2.05) is 30.3 Å². The number of piperidine rings is 1. The van der Waals surface area contributed by atoms with E-state index >= 15 is 0 Å². The van der Waals surface area contributed by atoms with E-state index in [-0.39, 0.29) is 11.9 Å². The van der Waals surface area contributed by atoms with Crippen LogP contribution < -0.4 is 10.1 Å². The van der Waals surface area contributed by atoms with E-state index in [4.69, 9.17) is 16.3 Å². The summed E-state index contributed by atoms with van der Waals surface area (Å²) in [5.41, 5.74) is 1.69. The van der Waals surface area contributed by atoms with Gasteiger partial charge in [-0.25, -0.2) is 0 Å². The molecule has 1 N–H and O–H groups in total. The van der Waals surface area contributed by atoms with Gasteiger partial charge >= 0.3 is 0 Å². The fourth-order valence-corrected chi connectivity index (χ4v) is 3.55. The van der Waals surface area contributed by atoms with Gasteiger partial charge in [0.15, 0.2) is 0 Å². The fourth-order valence-electron chi connectivity index (χ4n) is 3.29. The summed E-state index contributed by atoms with van der Waals surface area (Å²) in [6, 6.07) is 14.9. The van der Waals surface area contributed by atoms with Crippen molar-refractivity contribution in [1.29, 1.82) is 0 Å². The quantitative estimate of drug-likeness (QED) is 0.854. The number of anilines is 1. The lowest BCUT2D eigenvalue weighted by Gasteiger charge is -2.34. The Hall–Kier alpha value is -2.04. The van der Waals surface area contributed by atoms with Crippen molar-refractivity contribution in [2.75, 3.05) is 25.5 Å². The molecule has 4 nitrogen and oxygen atoms in total. The van der Waals surface area contributed by atoms with E-state index < -0.39 is 0 Å². The Morgan fingerprint density at radius 3 is 2.48 bits per heavy atom. The minimum Gasteiger partial charge on any atom is -0.495 e. The van der Waals surface area contributed by atoms with Crippen LogP contribution in [-0.2, 0) is 4.79 Å². The number of carbonyl (C=O) groups excluding carboxylic acids is 1. The van der Waals surface area contributed by atoms with Crippen molar-refractivity contribution in [1.82, 2.24) is 4.90 Å². The van der Waals surface area contributed by atoms with Crippen molar-refractivity contribution in [3.8, 4) is 5.75 Å². The van der Waals surface area contributed by atoms with Crippen molar-refractivity contribution >= 4 is 23.2 Å². The number of benzene rings is 2. The first-order chi connectivity index (χ1) is 12.2. The Morgan fingerprint density at radius 1 is 1.12 bits per heavy atom. The lowest BCUT2D eigenvalue weighted by Crippen LogP contribution is -2.40. The maximum absolute atomic E-state index is 13.1. The van der Waals surface area contributed by atoms with Crippen LogP contribution in [0.1, 0.15) is 30.9 Å². The summed E-state index contributed by atoms with van der Waals surface area (Å²) in [4.78, 5) is 15.3. The molecule has 0 radical (unpaired) electrons. The third kappa shape index (κ3) is 4.33. The normalized spacial score (nSPS) is 16.2. The molecule has 2 aromatic rings. The maximum Gasteiger partial charge on any atom is 0.246 e. The smallest absolute Gasteiger partial charge is 0.246 e. The second-order valence-corrected chi connectivity index (χ2v) is 6.66. The molecule has 0 unspecified atom stereocenters. The number of amides is 1. The highest BCUT2D eigenvalue weighted by Crippen LogP contribution is 2.29. The average Bonchev–Trinajstić information content (AvgIpc) is 2.64. The third-order valence-electron chi connectivity index (χ3n) is 4.54. The summed E-state index contributed by atoms with van der Waals surface area (Å²) >= 11 is 6.17. The molecule has 0 bridgehead atoms. The highest BCUT2D eigenvalue weighted by Gasteiger charge is 2.28. The van der Waals surface area contributed by atoms with Gasteiger partial charge in [-0.3, -0.25) is 9.69 Å². The monoisotopic (exact) mass is 358 g/mol. The van der Waals surface area contributed by atoms with Crippen LogP contribution in [0.25, 0.3) is 0 Å². The molecule has 2 aromatic carbocycles. The van der Waals surface area contributed by atoms with E-state index in [2.05, 4.69) is 10.2 Å². The number of likely N-dealkylation sites (tertiary alicyclic amines) is 1. The SMILES string of the molecule is COc1ccc(NC(=O)[C@H](c2ccccc2)N2CCCCC2)cc1Cl. The number of halogens is 1. The molecule has 1 amide bonds. The third-order valence-corrected chi connectivity index (χ3v) is 4.83. The minimum absolute atomic E-state index is 0.0330. The Kier molecular flexibility index (Phi) is 5.95. The molecule has 132 valence electrons. The number of nitrogens with zero attached hydrogens (tertiary/aromatic N) is 1. The summed E-state index contributed by atoms with van der Waals surface area (Å²) in [7, 11) is 1.57. The number of ether oxygens (including phenoxy) is 1. The molecule has 3 rings (SSSR count). The Morgan fingerprint density at radius 2 is 1.84 bits per heavy atom. The molecule has 1 aliphatic rings. The lowest BCUT2D eigenvalue weighted by molar-refractivity contribution is -0.122. The van der Waals surface area contributed by atoms with Crippen LogP contribution in [0.2, 0.25) is 5.02 Å². The molecule has 0 spiro atoms. The van der Waals surface area contributed by atoms with E-state index in [0.29, 0.717) is 16.5 Å². The van der Waals surface area contributed by atoms with E-state index in [0.717, 1.165) is 31.5 Å². The first-order valence-electron chi connectivity index (χ1n) is 8.62. The molecule has 5 heteroatoms. The van der Waals surface area contributed by atoms with Crippen LogP contribution >= 0.6 is 11.6 Å². The first kappa shape index (κ1) is 17.8. The van der Waals surface area contributed by atoms with Gasteiger partial charge in [-0.05, 0) is 49.7 Å². The molecule has 0 aliphatic carbocycles. The molecule has 0 aromatic heterocycles. The number of carbonyl (C=O) groups is 1. The molecular weight excluding hydrogens is 336 g/mol. The minimum atomic E-state index is -0.289. The maximum atomic E-state index is 13.1. The van der Waals surface area contributed by atoms with Gasteiger partial charge in [0, 0.05) is 5.69 Å². The van der Waals surface area contributed by atoms with Gasteiger partial charge in [-0.2, -0.15) is 0 Å². The average molecular weight is 359 g/mol. The molecule has 1 aliphatic heterocycles. The lowest BCUT2D eigenvalue weighted by atomic mass is 10.0. The first-order valence-corrected chi connectivity index (χ1v) is 9.00. The van der Waals surface area contributed by atoms with Gasteiger partial charge in [0.25, 0.3) is 0 Å². The molecule has 1 heterocycles. The number of rotatable bonds is 5. The van der Waals surface area contributed by atoms with Gasteiger partial charge in [0.1, 0.15) is 11.8 Å². The van der Waals surface area contributed by atoms with Gasteiger partial charge in [-0.1, -0.05) is 48.4 Å². The van der Waals surface area contributed by atoms with Gasteiger partial charge < -0.3 is 10.1 Å². The van der Waals surface area contributed by atoms with Crippen molar-refractivity contribution in [3.05, 3.63) is 59.1 Å². The van der Waals surface area contributed by atoms with Crippen LogP contribution in [-0.4, -0.2) is 31.0 Å². The predicted molar refractivity (Wildman–Crippen MR) is 101 cm³/mol. The zero-order valence-electron chi connectivity index (χ0n) is 14.4. The summed E-state index contributed by atoms with van der Waals surface area (Å²) in [6.45, 7) is 1.88. The van der Waals surface area contributed by atoms with Crippen molar-refractivity contribution in [2.24, 2.45) is 0 Å². The van der Waals surface area contributed by atoms with E-state index in [9.17, 15) is 4.79 Å². The van der Waals surface area contributed by atoms with Gasteiger partial charge in [-0.15, -0.1) is 0 Å². The van der Waals surface area contributed by atoms with Crippen LogP contribution in [0, 0.1) is 0 Å². The number of methoxy groups -OCH3 is 1. The van der Waals surface area contributed by atoms with Crippen LogP contribution in [0.15, 0.2) is 48.5 Å². The fraction of sp³-hybridized carbons (Fsp3) is 0.350. The predicted octanol–water partition coefficient (Wildman–Crippen LogP) is 4.51. The number of hydrogen-bond acceptors (Lipinski definition) is 3. The highest BCUT2D eigenvalue weighted by atomic mass is 35.5. The summed E-state index contributed by atoms with van der Waals surface area (Å²) < 4.78 is 5.16. The standard InChI is InChI=1S/C20H23ClN2O2/c1-25-18-11-10-16(14-17(18)21)22-20(24)19(15-8-4-2-5-9-15)23-12-6-3-7-13-23/h2,4-5,8-11,14,19H,3,6-7,12-13H2,1H3,(H,22,24)/t19-/m0/s1. The van der Waals surface area contributed by atoms with Crippen molar-refractivity contribution in [3.63, 3.8) is 0 Å². The largest absolute Gasteiger partial charge is 0.495 e. The van der Waals surface area contributed by atoms with E-state index in [1.165, 1.54) is 6.42 Å². The molecule has 25 heavy (non-hydrogen) atoms. The van der Waals surface area contributed by atoms with Crippen molar-refractivity contribution < 1.29 is 9.53 Å². The number of nitrogens with one attached hydrogen (secondary N) is 1. The van der Waals surface area contributed by atoms with Gasteiger partial charge in [0.05, 0.1) is 12.1 Å². The Balaban J connectivity index is 1.82. The molecule has 1 atom stereocenters. The molecule has 0 saturated carbocycles. The van der Waals surface area contributed by atoms with Crippen LogP contribution in [0.5, 0.6) is 5.75 Å². The van der Waals surface area contributed by atoms with Crippen LogP contribution in [0.3, 0.4) is 0 Å². The Bertz CT molecular complexity index is 715. The van der Waals surface area contributed by atoms with Crippen molar-refractivity contribution in [2.45, 2.75) is 25.3 Å². The van der Waals surface area contributed by atoms with Crippen LogP contribution in [0.4, 0.5) is 5.69 Å². The Labute approximate surface area is 153 Å². The summed E-state index contributed by atoms with van der Waals surface area (Å²) in [6.07, 6.45) is 3.49. The second-order valence-electron chi connectivity index (χ2n) is 6.25. The zero-order valence-corrected chi connectivity index (χ0v) is 15.1. The molecule has 1 saturated heterocycles. The second kappa shape index (κ2) is 8.37.